The van der Waals surface area contributed by atoms with Crippen LogP contribution in [-0.2, 0) is 17.1 Å². The third-order valence-corrected chi connectivity index (χ3v) is 7.32. The molecule has 0 fully saturated rings. The van der Waals surface area contributed by atoms with Crippen molar-refractivity contribution in [3.05, 3.63) is 150 Å². The third kappa shape index (κ3) is 6.18. The molecule has 0 saturated heterocycles. The number of anilines is 1. The fraction of sp³-hybridized carbons (Fsp3) is 0. The summed E-state index contributed by atoms with van der Waals surface area (Å²) in [5, 5.41) is 0. The molecule has 0 saturated carbocycles. The molecule has 0 spiro atoms. The smallest absolute Gasteiger partial charge is 0.0736 e. The van der Waals surface area contributed by atoms with Crippen LogP contribution < -0.4 is 5.73 Å². The molecule has 5 heterocycles. The number of nitrogens with two attached hydrogens (primary N) is 1. The summed E-state index contributed by atoms with van der Waals surface area (Å²) in [7, 11) is 0. The van der Waals surface area contributed by atoms with E-state index in [1.165, 1.54) is 0 Å². The molecule has 8 bridgehead atoms. The van der Waals surface area contributed by atoms with Crippen LogP contribution in [0, 0.1) is 0 Å². The first-order valence-corrected chi connectivity index (χ1v) is 14.2. The Bertz CT molecular complexity index is 1990. The van der Waals surface area contributed by atoms with Gasteiger partial charge in [0.25, 0.3) is 0 Å². The van der Waals surface area contributed by atoms with Gasteiger partial charge in [-0.2, -0.15) is 0 Å². The van der Waals surface area contributed by atoms with Gasteiger partial charge in [0.15, 0.2) is 0 Å². The van der Waals surface area contributed by atoms with Crippen LogP contribution in [0.15, 0.2) is 127 Å². The monoisotopic (exact) mass is 618 g/mol. The summed E-state index contributed by atoms with van der Waals surface area (Å²) >= 11 is 0. The van der Waals surface area contributed by atoms with Crippen LogP contribution in [0.4, 0.5) is 5.69 Å². The second kappa shape index (κ2) is 12.8. The number of H-pyrrole nitrogens is 2. The van der Waals surface area contributed by atoms with Crippen molar-refractivity contribution in [3.8, 4) is 22.3 Å². The van der Waals surface area contributed by atoms with E-state index in [-0.39, 0.29) is 17.1 Å². The van der Waals surface area contributed by atoms with Crippen LogP contribution in [0.1, 0.15) is 22.8 Å². The Kier molecular flexibility index (Phi) is 8.37. The molecule has 44 heavy (non-hydrogen) atoms. The minimum Gasteiger partial charge on any atom is -0.399 e. The number of nitrogen functional groups attached to an aromatic ring is 1. The summed E-state index contributed by atoms with van der Waals surface area (Å²) in [5.41, 5.74) is 18.3. The minimum absolute atomic E-state index is 0. The Balaban J connectivity index is 0.000000381. The van der Waals surface area contributed by atoms with Gasteiger partial charge >= 0.3 is 0 Å². The van der Waals surface area contributed by atoms with Crippen molar-refractivity contribution < 1.29 is 17.1 Å². The predicted molar refractivity (Wildman–Crippen MR) is 181 cm³/mol. The van der Waals surface area contributed by atoms with E-state index in [0.29, 0.717) is 0 Å². The summed E-state index contributed by atoms with van der Waals surface area (Å²) in [4.78, 5) is 17.2. The molecule has 0 atom stereocenters. The number of aromatic nitrogens is 4. The van der Waals surface area contributed by atoms with E-state index in [1.54, 1.807) is 0 Å². The number of hydrogen-bond donors (Lipinski definition) is 3. The summed E-state index contributed by atoms with van der Waals surface area (Å²) in [6, 6.07) is 42.9. The normalized spacial score (nSPS) is 11.4. The van der Waals surface area contributed by atoms with E-state index in [4.69, 9.17) is 15.7 Å². The van der Waals surface area contributed by atoms with E-state index in [0.717, 1.165) is 72.8 Å². The number of aromatic amines is 2. The van der Waals surface area contributed by atoms with E-state index >= 15 is 0 Å². The molecule has 0 amide bonds. The molecule has 1 radical (unpaired) electrons. The van der Waals surface area contributed by atoms with E-state index in [1.807, 2.05) is 48.5 Å². The van der Waals surface area contributed by atoms with Crippen molar-refractivity contribution in [3.63, 3.8) is 0 Å². The number of nitrogens with zero attached hydrogens (tertiary/aromatic N) is 2. The van der Waals surface area contributed by atoms with Crippen molar-refractivity contribution in [1.29, 1.82) is 0 Å². The number of rotatable bonds is 2. The van der Waals surface area contributed by atoms with Gasteiger partial charge in [0, 0.05) is 55.9 Å². The minimum atomic E-state index is 0. The zero-order valence-corrected chi connectivity index (χ0v) is 24.6. The van der Waals surface area contributed by atoms with Crippen molar-refractivity contribution in [2.75, 3.05) is 5.73 Å². The quantitative estimate of drug-likeness (QED) is 0.133. The average Bonchev–Trinajstić information content (AvgIpc) is 3.86. The zero-order chi connectivity index (χ0) is 29.0. The molecule has 6 aromatic rings. The van der Waals surface area contributed by atoms with Crippen molar-refractivity contribution in [1.82, 2.24) is 19.9 Å². The largest absolute Gasteiger partial charge is 0.399 e. The van der Waals surface area contributed by atoms with Crippen LogP contribution in [0.5, 0.6) is 0 Å². The fourth-order valence-electron chi connectivity index (χ4n) is 5.34. The SMILES string of the molecule is C1=Cc2nc1cc1nc(c(-c3ccccc3)c3ccc(cc4ccc([nH]4)c2-c2ccccc2)[nH]3)C=C1.Nc1ccccc1.[Cu]. The van der Waals surface area contributed by atoms with Crippen molar-refractivity contribution in [2.45, 2.75) is 0 Å². The van der Waals surface area contributed by atoms with Crippen LogP contribution in [-0.4, -0.2) is 19.9 Å². The van der Waals surface area contributed by atoms with Gasteiger partial charge in [-0.25, -0.2) is 9.97 Å². The molecule has 2 aliphatic heterocycles. The Morgan fingerprint density at radius 3 is 1.30 bits per heavy atom. The number of para-hydroxylation sites is 1. The third-order valence-electron chi connectivity index (χ3n) is 7.32. The molecule has 3 aromatic heterocycles. The Morgan fingerprint density at radius 2 is 0.886 bits per heavy atom. The van der Waals surface area contributed by atoms with Gasteiger partial charge in [0.05, 0.1) is 22.8 Å². The molecule has 0 aliphatic carbocycles. The second-order valence-corrected chi connectivity index (χ2v) is 10.3. The van der Waals surface area contributed by atoms with Crippen molar-refractivity contribution >= 4 is 52.1 Å². The topological polar surface area (TPSA) is 83.4 Å². The number of nitrogens with one attached hydrogen (secondary N) is 2. The van der Waals surface area contributed by atoms with Gasteiger partial charge in [-0.05, 0) is 84.0 Å². The Hall–Kier alpha value is -5.42. The van der Waals surface area contributed by atoms with E-state index in [2.05, 4.69) is 113 Å². The maximum atomic E-state index is 5.36. The molecular weight excluding hydrogens is 590 g/mol. The zero-order valence-electron chi connectivity index (χ0n) is 23.7. The molecule has 6 heteroatoms. The summed E-state index contributed by atoms with van der Waals surface area (Å²) < 4.78 is 0. The summed E-state index contributed by atoms with van der Waals surface area (Å²) in [6.07, 6.45) is 8.27. The number of hydrogen-bond acceptors (Lipinski definition) is 3. The predicted octanol–water partition coefficient (Wildman–Crippen LogP) is 9.26. The molecule has 217 valence electrons. The Labute approximate surface area is 266 Å². The van der Waals surface area contributed by atoms with Gasteiger partial charge < -0.3 is 15.7 Å². The second-order valence-electron chi connectivity index (χ2n) is 10.3. The maximum absolute atomic E-state index is 5.36. The first-order valence-electron chi connectivity index (χ1n) is 14.2. The van der Waals surface area contributed by atoms with Crippen LogP contribution in [0.2, 0.25) is 0 Å². The van der Waals surface area contributed by atoms with E-state index < -0.39 is 0 Å². The first kappa shape index (κ1) is 28.7. The molecule has 3 aromatic carbocycles. The summed E-state index contributed by atoms with van der Waals surface area (Å²) in [6.45, 7) is 0. The van der Waals surface area contributed by atoms with Gasteiger partial charge in [-0.3, -0.25) is 0 Å². The van der Waals surface area contributed by atoms with Crippen LogP contribution in [0.3, 0.4) is 0 Å². The molecule has 0 unspecified atom stereocenters. The molecule has 2 aliphatic rings. The van der Waals surface area contributed by atoms with Gasteiger partial charge in [-0.15, -0.1) is 0 Å². The fourth-order valence-corrected chi connectivity index (χ4v) is 5.34. The molecule has 4 N–H and O–H groups in total. The number of benzene rings is 3. The van der Waals surface area contributed by atoms with Crippen LogP contribution in [0.25, 0.3) is 68.6 Å². The van der Waals surface area contributed by atoms with Crippen molar-refractivity contribution in [2.24, 2.45) is 0 Å². The Morgan fingerprint density at radius 1 is 0.455 bits per heavy atom. The van der Waals surface area contributed by atoms with Crippen LogP contribution >= 0.6 is 0 Å². The maximum Gasteiger partial charge on any atom is 0.0736 e. The number of fused-ring (bicyclic) bond motifs is 8. The molecule has 5 nitrogen and oxygen atoms in total. The van der Waals surface area contributed by atoms with Gasteiger partial charge in [0.2, 0.25) is 0 Å². The standard InChI is InChI=1S/C32H22N4.C6H7N.Cu/c1-3-7-21(8-4-1)31-27-15-11-23(33-27)19-25-13-17-29(35-25)32(22-9-5-2-6-10-22)30-18-14-26(36-30)20-24-12-16-28(31)34-24;7-6-4-2-1-3-5-6;/h1-20,33,35H;1-5H,7H2;. The first-order chi connectivity index (χ1) is 21.2. The average molecular weight is 619 g/mol. The van der Waals surface area contributed by atoms with Gasteiger partial charge in [-0.1, -0.05) is 78.9 Å². The molecule has 8 rings (SSSR count). The van der Waals surface area contributed by atoms with Gasteiger partial charge in [0.1, 0.15) is 0 Å². The summed E-state index contributed by atoms with van der Waals surface area (Å²) in [5.74, 6) is 0. The van der Waals surface area contributed by atoms with E-state index in [9.17, 15) is 0 Å². The molecular formula is C38H29CuN5.